The van der Waals surface area contributed by atoms with Gasteiger partial charge in [0.25, 0.3) is 0 Å². The van der Waals surface area contributed by atoms with Crippen LogP contribution in [0.3, 0.4) is 0 Å². The Labute approximate surface area is 73.3 Å². The van der Waals surface area contributed by atoms with Gasteiger partial charge in [0.1, 0.15) is 0 Å². The van der Waals surface area contributed by atoms with Crippen LogP contribution < -0.4 is 5.32 Å². The lowest BCUT2D eigenvalue weighted by Crippen LogP contribution is -2.29. The van der Waals surface area contributed by atoms with E-state index in [9.17, 15) is 8.42 Å². The van der Waals surface area contributed by atoms with Gasteiger partial charge in [0, 0.05) is 19.0 Å². The Bertz CT molecular complexity index is 291. The summed E-state index contributed by atoms with van der Waals surface area (Å²) in [5.74, 6) is 0. The smallest absolute Gasteiger partial charge is 0.219 e. The molecule has 0 unspecified atom stereocenters. The number of sulfone groups is 1. The van der Waals surface area contributed by atoms with Crippen molar-refractivity contribution in [2.75, 3.05) is 13.3 Å². The number of aliphatic imine (C=N–C) groups is 1. The monoisotopic (exact) mass is 190 g/mol. The van der Waals surface area contributed by atoms with Gasteiger partial charge in [-0.2, -0.15) is 0 Å². The van der Waals surface area contributed by atoms with Crippen LogP contribution in [-0.2, 0) is 9.84 Å². The highest BCUT2D eigenvalue weighted by Crippen LogP contribution is 1.94. The van der Waals surface area contributed by atoms with E-state index in [0.717, 1.165) is 6.26 Å². The molecule has 0 saturated heterocycles. The van der Waals surface area contributed by atoms with Crippen molar-refractivity contribution in [3.63, 3.8) is 0 Å². The standard InChI is InChI=1S/C7H14N2O2S/c1-5-6(2)9-7(8-3)12(4,10)11/h2,5H2,1,3-4H3,(H,8,9). The third-order valence-electron chi connectivity index (χ3n) is 1.26. The van der Waals surface area contributed by atoms with Crippen LogP contribution in [0, 0.1) is 0 Å². The largest absolute Gasteiger partial charge is 0.335 e. The number of amidine groups is 1. The molecule has 0 aliphatic rings. The van der Waals surface area contributed by atoms with Gasteiger partial charge in [-0.05, 0) is 6.42 Å². The van der Waals surface area contributed by atoms with Gasteiger partial charge < -0.3 is 5.32 Å². The van der Waals surface area contributed by atoms with E-state index >= 15 is 0 Å². The number of hydrogen-bond donors (Lipinski definition) is 1. The lowest BCUT2D eigenvalue weighted by atomic mass is 10.4. The van der Waals surface area contributed by atoms with Gasteiger partial charge in [-0.15, -0.1) is 0 Å². The summed E-state index contributed by atoms with van der Waals surface area (Å²) in [4.78, 5) is 3.60. The maximum atomic E-state index is 11.0. The summed E-state index contributed by atoms with van der Waals surface area (Å²) in [7, 11) is -1.82. The zero-order valence-corrected chi connectivity index (χ0v) is 8.40. The van der Waals surface area contributed by atoms with Gasteiger partial charge in [0.2, 0.25) is 15.0 Å². The van der Waals surface area contributed by atoms with Crippen molar-refractivity contribution in [2.24, 2.45) is 4.99 Å². The van der Waals surface area contributed by atoms with Crippen LogP contribution in [0.25, 0.3) is 0 Å². The molecule has 0 aliphatic heterocycles. The Morgan fingerprint density at radius 1 is 1.58 bits per heavy atom. The number of allylic oxidation sites excluding steroid dienone is 1. The van der Waals surface area contributed by atoms with Crippen molar-refractivity contribution in [1.29, 1.82) is 0 Å². The zero-order chi connectivity index (χ0) is 9.78. The molecule has 0 aromatic rings. The summed E-state index contributed by atoms with van der Waals surface area (Å²) in [6.07, 6.45) is 1.78. The SMILES string of the molecule is C=C(CC)NC(=NC)S(C)(=O)=O. The Morgan fingerprint density at radius 2 is 2.08 bits per heavy atom. The topological polar surface area (TPSA) is 58.5 Å². The first kappa shape index (κ1) is 11.2. The molecular weight excluding hydrogens is 176 g/mol. The number of nitrogens with zero attached hydrogens (tertiary/aromatic N) is 1. The van der Waals surface area contributed by atoms with Gasteiger partial charge in [0.15, 0.2) is 0 Å². The maximum Gasteiger partial charge on any atom is 0.219 e. The molecule has 0 aromatic carbocycles. The van der Waals surface area contributed by atoms with Crippen LogP contribution in [0.5, 0.6) is 0 Å². The minimum atomic E-state index is -3.24. The molecule has 70 valence electrons. The predicted molar refractivity (Wildman–Crippen MR) is 50.8 cm³/mol. The van der Waals surface area contributed by atoms with Gasteiger partial charge in [0.05, 0.1) is 0 Å². The van der Waals surface area contributed by atoms with Crippen molar-refractivity contribution in [3.05, 3.63) is 12.3 Å². The molecule has 0 amide bonds. The highest BCUT2D eigenvalue weighted by atomic mass is 32.2. The fraction of sp³-hybridized carbons (Fsp3) is 0.571. The van der Waals surface area contributed by atoms with E-state index in [4.69, 9.17) is 0 Å². The quantitative estimate of drug-likeness (QED) is 0.510. The van der Waals surface area contributed by atoms with Gasteiger partial charge in [-0.25, -0.2) is 8.42 Å². The second kappa shape index (κ2) is 4.25. The van der Waals surface area contributed by atoms with Crippen LogP contribution in [0.4, 0.5) is 0 Å². The normalized spacial score (nSPS) is 12.8. The molecule has 1 N–H and O–H groups in total. The number of nitrogens with one attached hydrogen (secondary N) is 1. The third kappa shape index (κ3) is 3.52. The van der Waals surface area contributed by atoms with Crippen LogP contribution in [0.15, 0.2) is 17.3 Å². The van der Waals surface area contributed by atoms with E-state index in [2.05, 4.69) is 16.9 Å². The van der Waals surface area contributed by atoms with Gasteiger partial charge in [-0.1, -0.05) is 13.5 Å². The van der Waals surface area contributed by atoms with Gasteiger partial charge >= 0.3 is 0 Å². The molecule has 0 heterocycles. The molecular formula is C7H14N2O2S. The van der Waals surface area contributed by atoms with Crippen molar-refractivity contribution in [1.82, 2.24) is 5.32 Å². The summed E-state index contributed by atoms with van der Waals surface area (Å²) in [5.41, 5.74) is 0.640. The molecule has 5 heteroatoms. The van der Waals surface area contributed by atoms with Crippen molar-refractivity contribution < 1.29 is 8.42 Å². The molecule has 0 rings (SSSR count). The molecule has 0 aromatic heterocycles. The molecule has 0 bridgehead atoms. The molecule has 12 heavy (non-hydrogen) atoms. The molecule has 0 fully saturated rings. The van der Waals surface area contributed by atoms with Crippen molar-refractivity contribution in [3.8, 4) is 0 Å². The first-order valence-electron chi connectivity index (χ1n) is 3.53. The van der Waals surface area contributed by atoms with Crippen LogP contribution >= 0.6 is 0 Å². The average Bonchev–Trinajstić information content (AvgIpc) is 1.97. The second-order valence-corrected chi connectivity index (χ2v) is 4.31. The molecule has 0 aliphatic carbocycles. The first-order chi connectivity index (χ1) is 5.41. The molecule has 0 saturated carbocycles. The van der Waals surface area contributed by atoms with E-state index in [0.29, 0.717) is 12.1 Å². The van der Waals surface area contributed by atoms with E-state index in [1.807, 2.05) is 6.92 Å². The fourth-order valence-corrected chi connectivity index (χ4v) is 1.22. The van der Waals surface area contributed by atoms with Crippen LogP contribution in [0.2, 0.25) is 0 Å². The molecule has 4 nitrogen and oxygen atoms in total. The lowest BCUT2D eigenvalue weighted by Gasteiger charge is -2.07. The Balaban J connectivity index is 4.54. The molecule has 0 atom stereocenters. The Hall–Kier alpha value is -0.840. The van der Waals surface area contributed by atoms with Crippen molar-refractivity contribution in [2.45, 2.75) is 13.3 Å². The average molecular weight is 190 g/mol. The van der Waals surface area contributed by atoms with E-state index in [1.54, 1.807) is 0 Å². The Kier molecular flexibility index (Phi) is 3.95. The molecule has 0 radical (unpaired) electrons. The minimum absolute atomic E-state index is 0.0330. The van der Waals surface area contributed by atoms with Crippen LogP contribution in [0.1, 0.15) is 13.3 Å². The molecule has 0 spiro atoms. The first-order valence-corrected chi connectivity index (χ1v) is 5.42. The van der Waals surface area contributed by atoms with E-state index in [1.165, 1.54) is 7.05 Å². The van der Waals surface area contributed by atoms with E-state index in [-0.39, 0.29) is 5.17 Å². The van der Waals surface area contributed by atoms with E-state index < -0.39 is 9.84 Å². The maximum absolute atomic E-state index is 11.0. The summed E-state index contributed by atoms with van der Waals surface area (Å²) in [6.45, 7) is 5.50. The predicted octanol–water partition coefficient (Wildman–Crippen LogP) is 0.530. The Morgan fingerprint density at radius 3 is 2.33 bits per heavy atom. The summed E-state index contributed by atoms with van der Waals surface area (Å²) in [5, 5.41) is 2.59. The third-order valence-corrected chi connectivity index (χ3v) is 2.25. The summed E-state index contributed by atoms with van der Waals surface area (Å²) < 4.78 is 22.0. The number of hydrogen-bond acceptors (Lipinski definition) is 3. The second-order valence-electron chi connectivity index (χ2n) is 2.38. The highest BCUT2D eigenvalue weighted by Gasteiger charge is 2.11. The minimum Gasteiger partial charge on any atom is -0.335 e. The highest BCUT2D eigenvalue weighted by molar-refractivity contribution is 8.05. The lowest BCUT2D eigenvalue weighted by molar-refractivity contribution is 0.611. The number of rotatable bonds is 2. The summed E-state index contributed by atoms with van der Waals surface area (Å²) >= 11 is 0. The fourth-order valence-electron chi connectivity index (χ4n) is 0.554. The van der Waals surface area contributed by atoms with Crippen molar-refractivity contribution >= 4 is 15.0 Å². The summed E-state index contributed by atoms with van der Waals surface area (Å²) in [6, 6.07) is 0. The van der Waals surface area contributed by atoms with Crippen LogP contribution in [-0.4, -0.2) is 26.9 Å². The van der Waals surface area contributed by atoms with Gasteiger partial charge in [-0.3, -0.25) is 4.99 Å². The zero-order valence-electron chi connectivity index (χ0n) is 7.59.